The second kappa shape index (κ2) is 4.57. The number of nitrogens with one attached hydrogen (secondary N) is 1. The molecule has 2 nitrogen and oxygen atoms in total. The van der Waals surface area contributed by atoms with Gasteiger partial charge in [0.15, 0.2) is 0 Å². The summed E-state index contributed by atoms with van der Waals surface area (Å²) in [5, 5.41) is 1.16. The predicted molar refractivity (Wildman–Crippen MR) is 74.9 cm³/mol. The van der Waals surface area contributed by atoms with E-state index in [0.717, 1.165) is 16.7 Å². The predicted octanol–water partition coefficient (Wildman–Crippen LogP) is 4.23. The molecule has 2 aromatic carbocycles. The number of benzene rings is 2. The van der Waals surface area contributed by atoms with Gasteiger partial charge in [0.05, 0.1) is 6.61 Å². The van der Waals surface area contributed by atoms with Crippen molar-refractivity contribution in [3.05, 3.63) is 54.7 Å². The van der Waals surface area contributed by atoms with Crippen LogP contribution in [-0.4, -0.2) is 11.6 Å². The Bertz CT molecular complexity index is 655. The summed E-state index contributed by atoms with van der Waals surface area (Å²) in [5.74, 6) is 0.940. The summed E-state index contributed by atoms with van der Waals surface area (Å²) in [6.45, 7) is 2.69. The molecule has 0 aliphatic carbocycles. The first-order valence-corrected chi connectivity index (χ1v) is 6.18. The molecule has 0 saturated heterocycles. The first kappa shape index (κ1) is 10.9. The highest BCUT2D eigenvalue weighted by molar-refractivity contribution is 5.99. The third-order valence-electron chi connectivity index (χ3n) is 3.05. The van der Waals surface area contributed by atoms with E-state index in [2.05, 4.69) is 35.3 Å². The van der Waals surface area contributed by atoms with Crippen LogP contribution in [0.3, 0.4) is 0 Å². The van der Waals surface area contributed by atoms with E-state index in [1.807, 2.05) is 31.3 Å². The Balaban J connectivity index is 2.24. The van der Waals surface area contributed by atoms with Gasteiger partial charge >= 0.3 is 0 Å². The zero-order chi connectivity index (χ0) is 12.4. The van der Waals surface area contributed by atoms with Crippen LogP contribution in [0.1, 0.15) is 6.92 Å². The van der Waals surface area contributed by atoms with E-state index in [1.165, 1.54) is 11.1 Å². The zero-order valence-corrected chi connectivity index (χ0v) is 10.3. The van der Waals surface area contributed by atoms with Crippen LogP contribution in [0, 0.1) is 0 Å². The van der Waals surface area contributed by atoms with Crippen LogP contribution in [0.4, 0.5) is 0 Å². The molecule has 3 rings (SSSR count). The molecule has 0 atom stereocenters. The molecular formula is C16H15NO. The van der Waals surface area contributed by atoms with Crippen molar-refractivity contribution < 1.29 is 4.74 Å². The van der Waals surface area contributed by atoms with Crippen molar-refractivity contribution in [1.29, 1.82) is 0 Å². The average molecular weight is 237 g/mol. The Morgan fingerprint density at radius 2 is 1.83 bits per heavy atom. The highest BCUT2D eigenvalue weighted by atomic mass is 16.5. The molecular weight excluding hydrogens is 222 g/mol. The molecule has 18 heavy (non-hydrogen) atoms. The van der Waals surface area contributed by atoms with Gasteiger partial charge in [0.25, 0.3) is 0 Å². The molecule has 0 fully saturated rings. The third kappa shape index (κ3) is 1.76. The Labute approximate surface area is 106 Å². The number of aromatic nitrogens is 1. The fourth-order valence-electron chi connectivity index (χ4n) is 2.27. The first-order valence-electron chi connectivity index (χ1n) is 6.18. The van der Waals surface area contributed by atoms with Crippen LogP contribution in [-0.2, 0) is 0 Å². The number of hydrogen-bond donors (Lipinski definition) is 1. The van der Waals surface area contributed by atoms with Gasteiger partial charge in [0.2, 0.25) is 0 Å². The van der Waals surface area contributed by atoms with Crippen LogP contribution in [0.25, 0.3) is 22.0 Å². The maximum Gasteiger partial charge on any atom is 0.129 e. The van der Waals surface area contributed by atoms with Gasteiger partial charge in [-0.3, -0.25) is 0 Å². The van der Waals surface area contributed by atoms with Crippen molar-refractivity contribution in [1.82, 2.24) is 4.98 Å². The van der Waals surface area contributed by atoms with E-state index in [-0.39, 0.29) is 0 Å². The Hall–Kier alpha value is -2.22. The summed E-state index contributed by atoms with van der Waals surface area (Å²) in [4.78, 5) is 3.31. The number of ether oxygens (including phenoxy) is 1. The summed E-state index contributed by atoms with van der Waals surface area (Å²) in [5.41, 5.74) is 3.50. The minimum absolute atomic E-state index is 0.679. The summed E-state index contributed by atoms with van der Waals surface area (Å²) >= 11 is 0. The van der Waals surface area contributed by atoms with E-state index in [1.54, 1.807) is 0 Å². The SMILES string of the molecule is CCOc1cccc2[nH]cc(-c3ccccc3)c12. The van der Waals surface area contributed by atoms with Crippen molar-refractivity contribution in [2.45, 2.75) is 6.92 Å². The molecule has 0 spiro atoms. The fourth-order valence-corrected chi connectivity index (χ4v) is 2.27. The maximum absolute atomic E-state index is 5.72. The van der Waals surface area contributed by atoms with Gasteiger partial charge in [-0.15, -0.1) is 0 Å². The lowest BCUT2D eigenvalue weighted by molar-refractivity contribution is 0.344. The monoisotopic (exact) mass is 237 g/mol. The van der Waals surface area contributed by atoms with Gasteiger partial charge in [0, 0.05) is 22.7 Å². The minimum Gasteiger partial charge on any atom is -0.493 e. The Morgan fingerprint density at radius 3 is 2.61 bits per heavy atom. The van der Waals surface area contributed by atoms with Crippen LogP contribution >= 0.6 is 0 Å². The lowest BCUT2D eigenvalue weighted by Gasteiger charge is -2.07. The molecule has 0 aliphatic rings. The zero-order valence-electron chi connectivity index (χ0n) is 10.3. The van der Waals surface area contributed by atoms with Gasteiger partial charge in [0.1, 0.15) is 5.75 Å². The molecule has 0 saturated carbocycles. The van der Waals surface area contributed by atoms with Crippen LogP contribution < -0.4 is 4.74 Å². The number of H-pyrrole nitrogens is 1. The maximum atomic E-state index is 5.72. The topological polar surface area (TPSA) is 25.0 Å². The lowest BCUT2D eigenvalue weighted by atomic mass is 10.0. The van der Waals surface area contributed by atoms with Crippen molar-refractivity contribution in [3.63, 3.8) is 0 Å². The second-order valence-corrected chi connectivity index (χ2v) is 4.18. The second-order valence-electron chi connectivity index (χ2n) is 4.18. The molecule has 0 bridgehead atoms. The normalized spacial score (nSPS) is 10.7. The third-order valence-corrected chi connectivity index (χ3v) is 3.05. The molecule has 1 N–H and O–H groups in total. The molecule has 3 aromatic rings. The molecule has 0 radical (unpaired) electrons. The lowest BCUT2D eigenvalue weighted by Crippen LogP contribution is -1.91. The Kier molecular flexibility index (Phi) is 2.77. The summed E-state index contributed by atoms with van der Waals surface area (Å²) < 4.78 is 5.72. The summed E-state index contributed by atoms with van der Waals surface area (Å²) in [7, 11) is 0. The van der Waals surface area contributed by atoms with E-state index < -0.39 is 0 Å². The smallest absolute Gasteiger partial charge is 0.129 e. The number of aromatic amines is 1. The van der Waals surface area contributed by atoms with Crippen LogP contribution in [0.15, 0.2) is 54.7 Å². The summed E-state index contributed by atoms with van der Waals surface area (Å²) in [6, 6.07) is 16.5. The fraction of sp³-hybridized carbons (Fsp3) is 0.125. The van der Waals surface area contributed by atoms with Crippen LogP contribution in [0.2, 0.25) is 0 Å². The van der Waals surface area contributed by atoms with Gasteiger partial charge in [-0.1, -0.05) is 36.4 Å². The van der Waals surface area contributed by atoms with Crippen molar-refractivity contribution in [2.24, 2.45) is 0 Å². The largest absolute Gasteiger partial charge is 0.493 e. The van der Waals surface area contributed by atoms with Crippen molar-refractivity contribution >= 4 is 10.9 Å². The number of rotatable bonds is 3. The highest BCUT2D eigenvalue weighted by Gasteiger charge is 2.10. The van der Waals surface area contributed by atoms with Gasteiger partial charge in [-0.25, -0.2) is 0 Å². The van der Waals surface area contributed by atoms with E-state index in [4.69, 9.17) is 4.74 Å². The quantitative estimate of drug-likeness (QED) is 0.724. The van der Waals surface area contributed by atoms with Crippen molar-refractivity contribution in [2.75, 3.05) is 6.61 Å². The van der Waals surface area contributed by atoms with Gasteiger partial charge in [-0.2, -0.15) is 0 Å². The molecule has 0 aliphatic heterocycles. The highest BCUT2D eigenvalue weighted by Crippen LogP contribution is 2.35. The molecule has 1 aromatic heterocycles. The number of hydrogen-bond acceptors (Lipinski definition) is 1. The first-order chi connectivity index (χ1) is 8.90. The van der Waals surface area contributed by atoms with Crippen molar-refractivity contribution in [3.8, 4) is 16.9 Å². The van der Waals surface area contributed by atoms with E-state index in [0.29, 0.717) is 6.61 Å². The van der Waals surface area contributed by atoms with E-state index in [9.17, 15) is 0 Å². The Morgan fingerprint density at radius 1 is 1.00 bits per heavy atom. The van der Waals surface area contributed by atoms with Gasteiger partial charge < -0.3 is 9.72 Å². The molecule has 90 valence electrons. The summed E-state index contributed by atoms with van der Waals surface area (Å²) in [6.07, 6.45) is 2.04. The van der Waals surface area contributed by atoms with Crippen LogP contribution in [0.5, 0.6) is 5.75 Å². The number of fused-ring (bicyclic) bond motifs is 1. The van der Waals surface area contributed by atoms with Gasteiger partial charge in [-0.05, 0) is 24.6 Å². The molecule has 0 amide bonds. The molecule has 0 unspecified atom stereocenters. The molecule has 1 heterocycles. The van der Waals surface area contributed by atoms with E-state index >= 15 is 0 Å². The molecule has 2 heteroatoms. The minimum atomic E-state index is 0.679. The average Bonchev–Trinajstić information content (AvgIpc) is 2.85. The standard InChI is InChI=1S/C16H15NO/c1-2-18-15-10-6-9-14-16(15)13(11-17-14)12-7-4-3-5-8-12/h3-11,17H,2H2,1H3.